The second kappa shape index (κ2) is 12.7. The molecule has 0 aliphatic carbocycles. The van der Waals surface area contributed by atoms with Crippen LogP contribution in [0, 0.1) is 0 Å². The van der Waals surface area contributed by atoms with Crippen molar-refractivity contribution in [2.45, 2.75) is 18.0 Å². The number of nitrogens with zero attached hydrogens (tertiary/aromatic N) is 1. The van der Waals surface area contributed by atoms with Crippen molar-refractivity contribution in [3.05, 3.63) is 123 Å². The van der Waals surface area contributed by atoms with Gasteiger partial charge in [-0.25, -0.2) is 8.42 Å². The number of sulfonamides is 1. The first-order chi connectivity index (χ1) is 18.2. The van der Waals surface area contributed by atoms with Crippen molar-refractivity contribution < 1.29 is 17.9 Å². The van der Waals surface area contributed by atoms with Crippen LogP contribution in [0.1, 0.15) is 11.1 Å². The molecule has 0 bridgehead atoms. The molecule has 0 aromatic heterocycles. The molecule has 0 saturated carbocycles. The molecule has 0 saturated heterocycles. The average Bonchev–Trinajstić information content (AvgIpc) is 2.90. The third-order valence-corrected chi connectivity index (χ3v) is 8.32. The zero-order chi connectivity index (χ0) is 27.1. The van der Waals surface area contributed by atoms with Crippen molar-refractivity contribution in [3.63, 3.8) is 0 Å². The van der Waals surface area contributed by atoms with Gasteiger partial charge in [-0.05, 0) is 66.2 Å². The van der Waals surface area contributed by atoms with E-state index in [0.29, 0.717) is 38.7 Å². The number of benzene rings is 4. The summed E-state index contributed by atoms with van der Waals surface area (Å²) < 4.78 is 33.8. The number of halogens is 3. The quantitative estimate of drug-likeness (QED) is 0.215. The predicted molar refractivity (Wildman–Crippen MR) is 151 cm³/mol. The Hall–Kier alpha value is -3.07. The lowest BCUT2D eigenvalue weighted by molar-refractivity contribution is -0.116. The van der Waals surface area contributed by atoms with Crippen molar-refractivity contribution in [2.75, 3.05) is 11.9 Å². The van der Waals surface area contributed by atoms with Crippen LogP contribution in [0.5, 0.6) is 5.75 Å². The number of carbonyl (C=O) groups excluding carboxylic acids is 1. The smallest absolute Gasteiger partial charge is 0.243 e. The molecule has 1 amide bonds. The van der Waals surface area contributed by atoms with E-state index in [-0.39, 0.29) is 11.4 Å². The van der Waals surface area contributed by atoms with Crippen LogP contribution < -0.4 is 10.1 Å². The van der Waals surface area contributed by atoms with Gasteiger partial charge in [0.05, 0.1) is 11.4 Å². The average molecular weight is 590 g/mol. The maximum absolute atomic E-state index is 13.5. The summed E-state index contributed by atoms with van der Waals surface area (Å²) in [6.45, 7) is -0.267. The normalized spacial score (nSPS) is 11.4. The first-order valence-corrected chi connectivity index (χ1v) is 14.0. The van der Waals surface area contributed by atoms with Crippen molar-refractivity contribution >= 4 is 56.4 Å². The van der Waals surface area contributed by atoms with E-state index < -0.39 is 22.5 Å². The lowest BCUT2D eigenvalue weighted by Crippen LogP contribution is -2.37. The standard InChI is InChI=1S/C28H23Cl3N2O4S/c29-21-9-15-24(16-10-21)38(35,36)33(17-25-26(30)7-4-8-27(25)31)18-28(34)32-22-11-13-23(14-12-22)37-19-20-5-2-1-3-6-20/h1-16H,17-19H2,(H,32,34). The molecule has 0 atom stereocenters. The zero-order valence-electron chi connectivity index (χ0n) is 20.0. The summed E-state index contributed by atoms with van der Waals surface area (Å²) in [6, 6.07) is 27.1. The Morgan fingerprint density at radius 1 is 0.789 bits per heavy atom. The molecule has 10 heteroatoms. The van der Waals surface area contributed by atoms with Gasteiger partial charge in [0, 0.05) is 32.9 Å². The van der Waals surface area contributed by atoms with E-state index in [0.717, 1.165) is 9.87 Å². The maximum atomic E-state index is 13.5. The van der Waals surface area contributed by atoms with Gasteiger partial charge in [0.2, 0.25) is 15.9 Å². The molecule has 38 heavy (non-hydrogen) atoms. The van der Waals surface area contributed by atoms with E-state index in [9.17, 15) is 13.2 Å². The fourth-order valence-electron chi connectivity index (χ4n) is 3.58. The highest BCUT2D eigenvalue weighted by molar-refractivity contribution is 7.89. The van der Waals surface area contributed by atoms with E-state index in [4.69, 9.17) is 39.5 Å². The lowest BCUT2D eigenvalue weighted by Gasteiger charge is -2.23. The molecule has 196 valence electrons. The van der Waals surface area contributed by atoms with Gasteiger partial charge in [0.1, 0.15) is 12.4 Å². The largest absolute Gasteiger partial charge is 0.489 e. The highest BCUT2D eigenvalue weighted by Crippen LogP contribution is 2.28. The fourth-order valence-corrected chi connectivity index (χ4v) is 5.58. The van der Waals surface area contributed by atoms with Gasteiger partial charge in [-0.3, -0.25) is 4.79 Å². The molecule has 0 radical (unpaired) electrons. The monoisotopic (exact) mass is 588 g/mol. The molecule has 0 unspecified atom stereocenters. The van der Waals surface area contributed by atoms with E-state index in [1.807, 2.05) is 30.3 Å². The van der Waals surface area contributed by atoms with Crippen LogP contribution in [0.2, 0.25) is 15.1 Å². The van der Waals surface area contributed by atoms with Gasteiger partial charge in [-0.15, -0.1) is 0 Å². The van der Waals surface area contributed by atoms with Crippen LogP contribution in [-0.4, -0.2) is 25.2 Å². The van der Waals surface area contributed by atoms with Crippen molar-refractivity contribution in [1.29, 1.82) is 0 Å². The Balaban J connectivity index is 1.49. The second-order valence-corrected chi connectivity index (χ2v) is 11.5. The molecular weight excluding hydrogens is 567 g/mol. The van der Waals surface area contributed by atoms with Crippen molar-refractivity contribution in [3.8, 4) is 5.75 Å². The third-order valence-electron chi connectivity index (χ3n) is 5.55. The van der Waals surface area contributed by atoms with Crippen LogP contribution in [0.3, 0.4) is 0 Å². The molecule has 0 spiro atoms. The van der Waals surface area contributed by atoms with Crippen LogP contribution in [0.15, 0.2) is 102 Å². The summed E-state index contributed by atoms with van der Waals surface area (Å²) >= 11 is 18.5. The van der Waals surface area contributed by atoms with E-state index in [1.54, 1.807) is 42.5 Å². The Labute approximate surface area is 236 Å². The predicted octanol–water partition coefficient (Wildman–Crippen LogP) is 7.06. The molecule has 4 aromatic rings. The van der Waals surface area contributed by atoms with Crippen molar-refractivity contribution in [1.82, 2.24) is 4.31 Å². The summed E-state index contributed by atoms with van der Waals surface area (Å²) in [7, 11) is -4.10. The Bertz CT molecular complexity index is 1480. The fraction of sp³-hybridized carbons (Fsp3) is 0.107. The minimum atomic E-state index is -4.10. The molecule has 0 aliphatic heterocycles. The molecule has 4 rings (SSSR count). The highest BCUT2D eigenvalue weighted by Gasteiger charge is 2.28. The van der Waals surface area contributed by atoms with Gasteiger partial charge < -0.3 is 10.1 Å². The van der Waals surface area contributed by atoms with Crippen LogP contribution >= 0.6 is 34.8 Å². The lowest BCUT2D eigenvalue weighted by atomic mass is 10.2. The molecule has 0 heterocycles. The topological polar surface area (TPSA) is 75.7 Å². The van der Waals surface area contributed by atoms with Crippen LogP contribution in [0.25, 0.3) is 0 Å². The first kappa shape index (κ1) is 28.0. The van der Waals surface area contributed by atoms with Crippen molar-refractivity contribution in [2.24, 2.45) is 0 Å². The molecule has 0 fully saturated rings. The Kier molecular flexibility index (Phi) is 9.31. The summed E-state index contributed by atoms with van der Waals surface area (Å²) in [5, 5.41) is 3.70. The van der Waals surface area contributed by atoms with Crippen LogP contribution in [-0.2, 0) is 28.0 Å². The number of ether oxygens (including phenoxy) is 1. The van der Waals surface area contributed by atoms with Gasteiger partial charge in [0.25, 0.3) is 0 Å². The molecular formula is C28H23Cl3N2O4S. The number of hydrogen-bond acceptors (Lipinski definition) is 4. The molecule has 4 aromatic carbocycles. The van der Waals surface area contributed by atoms with E-state index in [2.05, 4.69) is 5.32 Å². The number of amides is 1. The van der Waals surface area contributed by atoms with E-state index >= 15 is 0 Å². The van der Waals surface area contributed by atoms with Gasteiger partial charge in [0.15, 0.2) is 0 Å². The number of carbonyl (C=O) groups is 1. The molecule has 6 nitrogen and oxygen atoms in total. The molecule has 0 aliphatic rings. The summed E-state index contributed by atoms with van der Waals surface area (Å²) in [5.74, 6) is 0.0934. The first-order valence-electron chi connectivity index (χ1n) is 11.5. The number of hydrogen-bond donors (Lipinski definition) is 1. The van der Waals surface area contributed by atoms with E-state index in [1.165, 1.54) is 24.3 Å². The Morgan fingerprint density at radius 2 is 1.42 bits per heavy atom. The molecule has 1 N–H and O–H groups in total. The van der Waals surface area contributed by atoms with Gasteiger partial charge in [-0.2, -0.15) is 4.31 Å². The third kappa shape index (κ3) is 7.28. The minimum absolute atomic E-state index is 0.0159. The number of anilines is 1. The highest BCUT2D eigenvalue weighted by atomic mass is 35.5. The van der Waals surface area contributed by atoms with Gasteiger partial charge in [-0.1, -0.05) is 71.2 Å². The SMILES string of the molecule is O=C(CN(Cc1c(Cl)cccc1Cl)S(=O)(=O)c1ccc(Cl)cc1)Nc1ccc(OCc2ccccc2)cc1. The summed E-state index contributed by atoms with van der Waals surface area (Å²) in [6.07, 6.45) is 0. The maximum Gasteiger partial charge on any atom is 0.243 e. The Morgan fingerprint density at radius 3 is 2.05 bits per heavy atom. The zero-order valence-corrected chi connectivity index (χ0v) is 23.1. The number of rotatable bonds is 10. The number of nitrogens with one attached hydrogen (secondary N) is 1. The second-order valence-electron chi connectivity index (χ2n) is 8.27. The summed E-state index contributed by atoms with van der Waals surface area (Å²) in [5.41, 5.74) is 1.91. The van der Waals surface area contributed by atoms with Crippen LogP contribution in [0.4, 0.5) is 5.69 Å². The summed E-state index contributed by atoms with van der Waals surface area (Å²) in [4.78, 5) is 13.0. The van der Waals surface area contributed by atoms with Gasteiger partial charge >= 0.3 is 0 Å². The minimum Gasteiger partial charge on any atom is -0.489 e.